The third-order valence-corrected chi connectivity index (χ3v) is 7.39. The molecule has 1 N–H and O–H groups in total. The minimum atomic E-state index is -3.49. The molecular weight excluding hydrogens is 368 g/mol. The van der Waals surface area contributed by atoms with Crippen LogP contribution in [0.2, 0.25) is 0 Å². The summed E-state index contributed by atoms with van der Waals surface area (Å²) in [7, 11) is -1.89. The number of fused-ring (bicyclic) bond motifs is 1. The van der Waals surface area contributed by atoms with Crippen LogP contribution in [-0.4, -0.2) is 31.7 Å². The van der Waals surface area contributed by atoms with Gasteiger partial charge in [0.05, 0.1) is 4.90 Å². The quantitative estimate of drug-likeness (QED) is 0.722. The zero-order valence-corrected chi connectivity index (χ0v) is 15.8. The van der Waals surface area contributed by atoms with Crippen molar-refractivity contribution in [2.45, 2.75) is 23.8 Å². The molecule has 3 aromatic rings. The zero-order chi connectivity index (χ0) is 18.3. The average molecular weight is 386 g/mol. The van der Waals surface area contributed by atoms with Gasteiger partial charge in [-0.05, 0) is 72.1 Å². The Morgan fingerprint density at radius 1 is 1.12 bits per heavy atom. The first-order chi connectivity index (χ1) is 12.4. The van der Waals surface area contributed by atoms with E-state index < -0.39 is 10.0 Å². The Morgan fingerprint density at radius 2 is 1.85 bits per heavy atom. The molecule has 1 amide bonds. The number of thiophene rings is 1. The van der Waals surface area contributed by atoms with E-state index in [2.05, 4.69) is 5.32 Å². The van der Waals surface area contributed by atoms with E-state index >= 15 is 0 Å². The van der Waals surface area contributed by atoms with E-state index in [1.54, 1.807) is 30.5 Å². The number of sulfonamides is 1. The van der Waals surface area contributed by atoms with E-state index in [0.717, 1.165) is 22.9 Å². The molecule has 7 heteroatoms. The van der Waals surface area contributed by atoms with Gasteiger partial charge >= 0.3 is 0 Å². The fraction of sp³-hybridized carbons (Fsp3) is 0.211. The molecular formula is C19H18N2O3S2. The molecule has 1 heterocycles. The van der Waals surface area contributed by atoms with Gasteiger partial charge in [-0.1, -0.05) is 0 Å². The third kappa shape index (κ3) is 3.25. The van der Waals surface area contributed by atoms with Crippen molar-refractivity contribution in [3.8, 4) is 0 Å². The SMILES string of the molecule is CN(C1CC1)S(=O)(=O)c1ccc(C(=O)Nc2ccc3sccc3c2)cc1. The average Bonchev–Trinajstić information content (AvgIpc) is 3.38. The standard InChI is InChI=1S/C19H18N2O3S2/c1-21(16-5-6-16)26(23,24)17-7-2-13(3-8-17)19(22)20-15-4-9-18-14(12-15)10-11-25-18/h2-4,7-12,16H,5-6H2,1H3,(H,20,22). The summed E-state index contributed by atoms with van der Waals surface area (Å²) >= 11 is 1.65. The Bertz CT molecular complexity index is 1070. The van der Waals surface area contributed by atoms with Gasteiger partial charge in [-0.3, -0.25) is 4.79 Å². The Kier molecular flexibility index (Phi) is 4.30. The third-order valence-electron chi connectivity index (χ3n) is 4.56. The zero-order valence-electron chi connectivity index (χ0n) is 14.2. The lowest BCUT2D eigenvalue weighted by atomic mass is 10.2. The normalized spacial score (nSPS) is 14.7. The number of hydrogen-bond acceptors (Lipinski definition) is 4. The fourth-order valence-corrected chi connectivity index (χ4v) is 5.01. The Morgan fingerprint density at radius 3 is 2.54 bits per heavy atom. The summed E-state index contributed by atoms with van der Waals surface area (Å²) in [5.74, 6) is -0.265. The van der Waals surface area contributed by atoms with E-state index in [0.29, 0.717) is 11.3 Å². The van der Waals surface area contributed by atoms with Crippen LogP contribution >= 0.6 is 11.3 Å². The van der Waals surface area contributed by atoms with Gasteiger partial charge in [-0.2, -0.15) is 4.31 Å². The predicted molar refractivity (Wildman–Crippen MR) is 104 cm³/mol. The van der Waals surface area contributed by atoms with Crippen molar-refractivity contribution >= 4 is 43.0 Å². The molecule has 26 heavy (non-hydrogen) atoms. The van der Waals surface area contributed by atoms with Crippen molar-refractivity contribution < 1.29 is 13.2 Å². The van der Waals surface area contributed by atoms with Crippen molar-refractivity contribution in [2.75, 3.05) is 12.4 Å². The number of amides is 1. The number of carbonyl (C=O) groups excluding carboxylic acids is 1. The number of rotatable bonds is 5. The van der Waals surface area contributed by atoms with Gasteiger partial charge in [-0.15, -0.1) is 11.3 Å². The van der Waals surface area contributed by atoms with Crippen LogP contribution in [0.1, 0.15) is 23.2 Å². The molecule has 134 valence electrons. The summed E-state index contributed by atoms with van der Waals surface area (Å²) in [5.41, 5.74) is 1.13. The maximum absolute atomic E-state index is 12.5. The molecule has 1 aliphatic rings. The first kappa shape index (κ1) is 17.2. The molecule has 1 aliphatic carbocycles. The molecule has 0 radical (unpaired) electrons. The second kappa shape index (κ2) is 6.50. The molecule has 0 unspecified atom stereocenters. The van der Waals surface area contributed by atoms with Gasteiger partial charge in [0.1, 0.15) is 0 Å². The number of carbonyl (C=O) groups is 1. The summed E-state index contributed by atoms with van der Waals surface area (Å²) in [6.07, 6.45) is 1.81. The van der Waals surface area contributed by atoms with Crippen molar-refractivity contribution in [3.05, 3.63) is 59.5 Å². The van der Waals surface area contributed by atoms with Gasteiger partial charge in [0.15, 0.2) is 0 Å². The molecule has 0 aliphatic heterocycles. The molecule has 1 fully saturated rings. The largest absolute Gasteiger partial charge is 0.322 e. The van der Waals surface area contributed by atoms with Crippen LogP contribution < -0.4 is 5.32 Å². The van der Waals surface area contributed by atoms with Gasteiger partial charge < -0.3 is 5.32 Å². The smallest absolute Gasteiger partial charge is 0.255 e. The highest BCUT2D eigenvalue weighted by Crippen LogP contribution is 2.30. The van der Waals surface area contributed by atoms with Crippen LogP contribution in [0.5, 0.6) is 0 Å². The van der Waals surface area contributed by atoms with Crippen molar-refractivity contribution in [3.63, 3.8) is 0 Å². The van der Waals surface area contributed by atoms with Gasteiger partial charge in [0.25, 0.3) is 5.91 Å². The minimum Gasteiger partial charge on any atom is -0.322 e. The maximum atomic E-state index is 12.5. The molecule has 0 spiro atoms. The van der Waals surface area contributed by atoms with Gasteiger partial charge in [0, 0.05) is 29.0 Å². The van der Waals surface area contributed by atoms with E-state index in [4.69, 9.17) is 0 Å². The Labute approximate surface area is 156 Å². The number of nitrogens with one attached hydrogen (secondary N) is 1. The first-order valence-electron chi connectivity index (χ1n) is 8.32. The van der Waals surface area contributed by atoms with E-state index in [1.165, 1.54) is 16.4 Å². The lowest BCUT2D eigenvalue weighted by Crippen LogP contribution is -2.29. The Hall–Kier alpha value is -2.22. The van der Waals surface area contributed by atoms with Crippen LogP contribution in [0.25, 0.3) is 10.1 Å². The van der Waals surface area contributed by atoms with Crippen molar-refractivity contribution in [2.24, 2.45) is 0 Å². The topological polar surface area (TPSA) is 66.5 Å². The van der Waals surface area contributed by atoms with Crippen molar-refractivity contribution in [1.29, 1.82) is 0 Å². The van der Waals surface area contributed by atoms with Crippen molar-refractivity contribution in [1.82, 2.24) is 4.31 Å². The number of nitrogens with zero attached hydrogens (tertiary/aromatic N) is 1. The maximum Gasteiger partial charge on any atom is 0.255 e. The lowest BCUT2D eigenvalue weighted by Gasteiger charge is -2.16. The highest BCUT2D eigenvalue weighted by Gasteiger charge is 2.34. The second-order valence-corrected chi connectivity index (χ2v) is 9.35. The highest BCUT2D eigenvalue weighted by molar-refractivity contribution is 7.89. The summed E-state index contributed by atoms with van der Waals surface area (Å²) in [4.78, 5) is 12.6. The van der Waals surface area contributed by atoms with E-state index in [-0.39, 0.29) is 16.8 Å². The molecule has 0 atom stereocenters. The molecule has 2 aromatic carbocycles. The fourth-order valence-electron chi connectivity index (χ4n) is 2.83. The van der Waals surface area contributed by atoms with Crippen LogP contribution in [0.15, 0.2) is 58.8 Å². The van der Waals surface area contributed by atoms with E-state index in [1.807, 2.05) is 29.6 Å². The number of anilines is 1. The monoisotopic (exact) mass is 386 g/mol. The summed E-state index contributed by atoms with van der Waals surface area (Å²) < 4.78 is 27.6. The first-order valence-corrected chi connectivity index (χ1v) is 10.6. The van der Waals surface area contributed by atoms with Gasteiger partial charge in [0.2, 0.25) is 10.0 Å². The molecule has 1 aromatic heterocycles. The Balaban J connectivity index is 1.51. The number of hydrogen-bond donors (Lipinski definition) is 1. The summed E-state index contributed by atoms with van der Waals surface area (Å²) in [6.45, 7) is 0. The van der Waals surface area contributed by atoms with Crippen LogP contribution in [0, 0.1) is 0 Å². The summed E-state index contributed by atoms with van der Waals surface area (Å²) in [5, 5.41) is 5.94. The number of benzene rings is 2. The molecule has 0 bridgehead atoms. The molecule has 1 saturated carbocycles. The predicted octanol–water partition coefficient (Wildman–Crippen LogP) is 3.94. The molecule has 4 rings (SSSR count). The lowest BCUT2D eigenvalue weighted by molar-refractivity contribution is 0.102. The minimum absolute atomic E-state index is 0.106. The highest BCUT2D eigenvalue weighted by atomic mass is 32.2. The van der Waals surface area contributed by atoms with Crippen LogP contribution in [0.4, 0.5) is 5.69 Å². The van der Waals surface area contributed by atoms with Gasteiger partial charge in [-0.25, -0.2) is 8.42 Å². The van der Waals surface area contributed by atoms with E-state index in [9.17, 15) is 13.2 Å². The van der Waals surface area contributed by atoms with Crippen LogP contribution in [0.3, 0.4) is 0 Å². The second-order valence-electron chi connectivity index (χ2n) is 6.40. The summed E-state index contributed by atoms with van der Waals surface area (Å²) in [6, 6.07) is 13.9. The van der Waals surface area contributed by atoms with Crippen LogP contribution in [-0.2, 0) is 10.0 Å². The molecule has 0 saturated heterocycles. The molecule has 5 nitrogen and oxygen atoms in total.